The van der Waals surface area contributed by atoms with Crippen LogP contribution in [0.1, 0.15) is 24.8 Å². The van der Waals surface area contributed by atoms with E-state index >= 15 is 0 Å². The number of hydrogen-bond donors (Lipinski definition) is 1. The van der Waals surface area contributed by atoms with Crippen molar-refractivity contribution in [2.24, 2.45) is 5.92 Å². The van der Waals surface area contributed by atoms with Crippen molar-refractivity contribution in [2.75, 3.05) is 6.54 Å². The van der Waals surface area contributed by atoms with Crippen LogP contribution >= 0.6 is 31.9 Å². The highest BCUT2D eigenvalue weighted by Gasteiger charge is 2.40. The van der Waals surface area contributed by atoms with E-state index in [4.69, 9.17) is 4.74 Å². The molecule has 0 radical (unpaired) electrons. The minimum Gasteiger partial charge on any atom is -0.463 e. The maximum Gasteiger partial charge on any atom is 0.211 e. The van der Waals surface area contributed by atoms with Gasteiger partial charge in [-0.2, -0.15) is 0 Å². The molecule has 1 aliphatic heterocycles. The molecule has 19 heavy (non-hydrogen) atoms. The summed E-state index contributed by atoms with van der Waals surface area (Å²) in [5.41, 5.74) is 0.759. The molecule has 0 spiro atoms. The van der Waals surface area contributed by atoms with Gasteiger partial charge in [-0.15, -0.1) is 0 Å². The van der Waals surface area contributed by atoms with Gasteiger partial charge < -0.3 is 9.84 Å². The maximum absolute atomic E-state index is 10.9. The van der Waals surface area contributed by atoms with Gasteiger partial charge in [-0.25, -0.2) is 0 Å². The number of benzene rings is 1. The van der Waals surface area contributed by atoms with E-state index in [9.17, 15) is 15.2 Å². The Morgan fingerprint density at radius 3 is 2.74 bits per heavy atom. The Balaban J connectivity index is 2.52. The lowest BCUT2D eigenvalue weighted by Crippen LogP contribution is -2.38. The van der Waals surface area contributed by atoms with Gasteiger partial charge in [-0.1, -0.05) is 22.9 Å². The van der Waals surface area contributed by atoms with Gasteiger partial charge in [0, 0.05) is 20.9 Å². The van der Waals surface area contributed by atoms with Crippen molar-refractivity contribution < 1.29 is 14.8 Å². The fourth-order valence-corrected chi connectivity index (χ4v) is 3.85. The van der Waals surface area contributed by atoms with Crippen LogP contribution < -0.4 is 4.74 Å². The Bertz CT molecular complexity index is 509. The van der Waals surface area contributed by atoms with Crippen molar-refractivity contribution >= 4 is 31.9 Å². The maximum atomic E-state index is 10.9. The van der Waals surface area contributed by atoms with Crippen LogP contribution in [0.15, 0.2) is 21.1 Å². The van der Waals surface area contributed by atoms with E-state index < -0.39 is 6.29 Å². The normalized spacial score (nSPS) is 25.6. The summed E-state index contributed by atoms with van der Waals surface area (Å²) in [6, 6.07) is 3.61. The smallest absolute Gasteiger partial charge is 0.211 e. The zero-order valence-corrected chi connectivity index (χ0v) is 13.3. The third-order valence-corrected chi connectivity index (χ3v) is 4.42. The van der Waals surface area contributed by atoms with Crippen molar-refractivity contribution in [1.29, 1.82) is 0 Å². The molecule has 1 unspecified atom stereocenters. The molecule has 0 saturated carbocycles. The lowest BCUT2D eigenvalue weighted by molar-refractivity contribution is -0.486. The fourth-order valence-electron chi connectivity index (χ4n) is 2.50. The third-order valence-electron chi connectivity index (χ3n) is 3.38. The molecular formula is C12H13Br2NO4. The molecule has 7 heteroatoms. The molecule has 1 aromatic carbocycles. The molecule has 0 fully saturated rings. The summed E-state index contributed by atoms with van der Waals surface area (Å²) in [5, 5.41) is 20.9. The van der Waals surface area contributed by atoms with E-state index in [1.54, 1.807) is 6.07 Å². The molecule has 2 rings (SSSR count). The summed E-state index contributed by atoms with van der Waals surface area (Å²) in [5.74, 6) is -0.140. The summed E-state index contributed by atoms with van der Waals surface area (Å²) in [6.07, 6.45) is -0.400. The average molecular weight is 395 g/mol. The number of aliphatic hydroxyl groups excluding tert-OH is 1. The first-order valence-electron chi connectivity index (χ1n) is 5.89. The van der Waals surface area contributed by atoms with Gasteiger partial charge in [-0.3, -0.25) is 10.1 Å². The van der Waals surface area contributed by atoms with Crippen molar-refractivity contribution in [3.8, 4) is 5.75 Å². The minimum absolute atomic E-state index is 0.213. The van der Waals surface area contributed by atoms with Crippen LogP contribution in [0.4, 0.5) is 0 Å². The topological polar surface area (TPSA) is 72.6 Å². The van der Waals surface area contributed by atoms with Gasteiger partial charge in [0.2, 0.25) is 12.8 Å². The fraction of sp³-hybridized carbons (Fsp3) is 0.500. The van der Waals surface area contributed by atoms with Gasteiger partial charge in [0.25, 0.3) is 0 Å². The monoisotopic (exact) mass is 393 g/mol. The van der Waals surface area contributed by atoms with Gasteiger partial charge >= 0.3 is 0 Å². The summed E-state index contributed by atoms with van der Waals surface area (Å²) < 4.78 is 7.00. The first-order chi connectivity index (χ1) is 8.93. The highest BCUT2D eigenvalue weighted by Crippen LogP contribution is 2.45. The standard InChI is InChI=1S/C12H13Br2NO4/c1-2-7-9(5-15(17)18)8-3-6(13)4-10(14)11(8)19-12(7)16/h3-4,7,9,12,16H,2,5H2,1H3/t7-,9+,12?/m1/s1. The lowest BCUT2D eigenvalue weighted by atomic mass is 9.81. The van der Waals surface area contributed by atoms with Crippen molar-refractivity contribution in [1.82, 2.24) is 0 Å². The number of nitrogens with zero attached hydrogens (tertiary/aromatic N) is 1. The molecule has 1 aliphatic rings. The quantitative estimate of drug-likeness (QED) is 0.630. The first kappa shape index (κ1) is 14.7. The van der Waals surface area contributed by atoms with Gasteiger partial charge in [0.05, 0.1) is 10.4 Å². The second-order valence-corrected chi connectivity index (χ2v) is 6.28. The molecule has 0 aliphatic carbocycles. The minimum atomic E-state index is -1.01. The van der Waals surface area contributed by atoms with Gasteiger partial charge in [-0.05, 0) is 34.5 Å². The van der Waals surface area contributed by atoms with Crippen molar-refractivity contribution in [2.45, 2.75) is 25.6 Å². The van der Waals surface area contributed by atoms with E-state index in [0.717, 1.165) is 10.0 Å². The van der Waals surface area contributed by atoms with Crippen LogP contribution in [0.5, 0.6) is 5.75 Å². The van der Waals surface area contributed by atoms with Crippen molar-refractivity contribution in [3.63, 3.8) is 0 Å². The molecule has 0 amide bonds. The molecule has 1 heterocycles. The zero-order valence-electron chi connectivity index (χ0n) is 10.2. The largest absolute Gasteiger partial charge is 0.463 e. The zero-order chi connectivity index (χ0) is 14.2. The summed E-state index contributed by atoms with van der Waals surface area (Å²) >= 11 is 6.73. The predicted octanol–water partition coefficient (Wildman–Crippen LogP) is 3.31. The Labute approximate surface area is 127 Å². The molecule has 5 nitrogen and oxygen atoms in total. The van der Waals surface area contributed by atoms with E-state index in [0.29, 0.717) is 16.6 Å². The number of nitro groups is 1. The van der Waals surface area contributed by atoms with E-state index in [2.05, 4.69) is 31.9 Å². The van der Waals surface area contributed by atoms with Crippen LogP contribution in [-0.2, 0) is 0 Å². The van der Waals surface area contributed by atoms with Crippen LogP contribution in [0.2, 0.25) is 0 Å². The van der Waals surface area contributed by atoms with Crippen LogP contribution in [0.25, 0.3) is 0 Å². The van der Waals surface area contributed by atoms with Gasteiger partial charge in [0.15, 0.2) is 0 Å². The SMILES string of the molecule is CC[C@H]1C(O)Oc2c(Br)cc(Br)cc2[C@H]1C[N+](=O)[O-]. The Kier molecular flexibility index (Phi) is 4.47. The molecule has 0 bridgehead atoms. The number of halogens is 2. The second kappa shape index (κ2) is 5.76. The second-order valence-electron chi connectivity index (χ2n) is 4.51. The van der Waals surface area contributed by atoms with E-state index in [-0.39, 0.29) is 23.3 Å². The third kappa shape index (κ3) is 2.93. The van der Waals surface area contributed by atoms with E-state index in [1.807, 2.05) is 13.0 Å². The molecule has 1 N–H and O–H groups in total. The van der Waals surface area contributed by atoms with Crippen LogP contribution in [0, 0.1) is 16.0 Å². The molecule has 3 atom stereocenters. The number of hydrogen-bond acceptors (Lipinski definition) is 4. The average Bonchev–Trinajstić information content (AvgIpc) is 2.30. The number of aliphatic hydroxyl groups is 1. The molecule has 0 saturated heterocycles. The lowest BCUT2D eigenvalue weighted by Gasteiger charge is -2.35. The highest BCUT2D eigenvalue weighted by atomic mass is 79.9. The number of fused-ring (bicyclic) bond motifs is 1. The van der Waals surface area contributed by atoms with Crippen LogP contribution in [-0.4, -0.2) is 22.9 Å². The Hall–Kier alpha value is -0.660. The molecule has 1 aromatic rings. The molecular weight excluding hydrogens is 382 g/mol. The number of rotatable bonds is 3. The molecule has 0 aromatic heterocycles. The van der Waals surface area contributed by atoms with Crippen molar-refractivity contribution in [3.05, 3.63) is 36.8 Å². The summed E-state index contributed by atoms with van der Waals surface area (Å²) in [6.45, 7) is 1.68. The number of ether oxygens (including phenoxy) is 1. The van der Waals surface area contributed by atoms with Crippen LogP contribution in [0.3, 0.4) is 0 Å². The summed E-state index contributed by atoms with van der Waals surface area (Å²) in [7, 11) is 0. The summed E-state index contributed by atoms with van der Waals surface area (Å²) in [4.78, 5) is 10.5. The Morgan fingerprint density at radius 1 is 1.47 bits per heavy atom. The van der Waals surface area contributed by atoms with Gasteiger partial charge in [0.1, 0.15) is 5.75 Å². The molecule has 104 valence electrons. The first-order valence-corrected chi connectivity index (χ1v) is 7.48. The Morgan fingerprint density at radius 2 is 2.16 bits per heavy atom. The van der Waals surface area contributed by atoms with E-state index in [1.165, 1.54) is 0 Å². The highest BCUT2D eigenvalue weighted by molar-refractivity contribution is 9.11. The predicted molar refractivity (Wildman–Crippen MR) is 76.9 cm³/mol.